The van der Waals surface area contributed by atoms with Crippen LogP contribution in [0.2, 0.25) is 0 Å². The number of likely N-dealkylation sites (tertiary alicyclic amines) is 1. The summed E-state index contributed by atoms with van der Waals surface area (Å²) < 4.78 is 23.1. The molecule has 1 saturated heterocycles. The summed E-state index contributed by atoms with van der Waals surface area (Å²) in [5.41, 5.74) is 6.21. The maximum absolute atomic E-state index is 12.1. The maximum Gasteiger partial charge on any atom is 0.251 e. The fraction of sp³-hybridized carbons (Fsp3) is 0.500. The molecule has 1 heterocycles. The summed E-state index contributed by atoms with van der Waals surface area (Å²) in [5.74, 6) is -0.300. The highest BCUT2D eigenvalue weighted by molar-refractivity contribution is 7.90. The van der Waals surface area contributed by atoms with Crippen molar-refractivity contribution in [2.24, 2.45) is 0 Å². The van der Waals surface area contributed by atoms with Crippen molar-refractivity contribution in [2.75, 3.05) is 38.2 Å². The molecule has 116 valence electrons. The Hall–Kier alpha value is -1.60. The molecule has 1 aromatic rings. The lowest BCUT2D eigenvalue weighted by molar-refractivity contribution is 0.0949. The van der Waals surface area contributed by atoms with Gasteiger partial charge in [-0.3, -0.25) is 4.79 Å². The number of carbonyl (C=O) groups excluding carboxylic acids is 1. The molecule has 1 aliphatic rings. The number of amides is 1. The summed E-state index contributed by atoms with van der Waals surface area (Å²) in [6.07, 6.45) is 3.51. The highest BCUT2D eigenvalue weighted by Gasteiger charge is 2.14. The molecule has 1 fully saturated rings. The van der Waals surface area contributed by atoms with E-state index in [0.717, 1.165) is 25.9 Å². The van der Waals surface area contributed by atoms with Crippen LogP contribution in [0.5, 0.6) is 0 Å². The van der Waals surface area contributed by atoms with Gasteiger partial charge in [0.05, 0.1) is 4.90 Å². The molecule has 0 aromatic heterocycles. The lowest BCUT2D eigenvalue weighted by Crippen LogP contribution is -2.33. The average molecular weight is 311 g/mol. The number of nitrogens with one attached hydrogen (secondary N) is 1. The first-order valence-corrected chi connectivity index (χ1v) is 8.86. The topological polar surface area (TPSA) is 92.5 Å². The van der Waals surface area contributed by atoms with Gasteiger partial charge in [0.1, 0.15) is 0 Å². The zero-order chi connectivity index (χ0) is 15.5. The minimum absolute atomic E-state index is 0.0622. The highest BCUT2D eigenvalue weighted by atomic mass is 32.2. The van der Waals surface area contributed by atoms with Crippen LogP contribution < -0.4 is 11.1 Å². The predicted molar refractivity (Wildman–Crippen MR) is 82.0 cm³/mol. The predicted octanol–water partition coefficient (Wildman–Crippen LogP) is 0.498. The maximum atomic E-state index is 12.1. The zero-order valence-electron chi connectivity index (χ0n) is 12.1. The first kappa shape index (κ1) is 15.8. The molecule has 2 rings (SSSR count). The van der Waals surface area contributed by atoms with Crippen molar-refractivity contribution in [3.05, 3.63) is 23.8 Å². The molecular weight excluding hydrogens is 290 g/mol. The van der Waals surface area contributed by atoms with Crippen molar-refractivity contribution in [3.8, 4) is 0 Å². The van der Waals surface area contributed by atoms with Crippen molar-refractivity contribution >= 4 is 21.4 Å². The van der Waals surface area contributed by atoms with Gasteiger partial charge in [0.15, 0.2) is 9.84 Å². The molecule has 3 N–H and O–H groups in total. The van der Waals surface area contributed by atoms with E-state index in [2.05, 4.69) is 10.2 Å². The van der Waals surface area contributed by atoms with Gasteiger partial charge in [-0.2, -0.15) is 0 Å². The molecule has 21 heavy (non-hydrogen) atoms. The number of sulfone groups is 1. The van der Waals surface area contributed by atoms with E-state index in [1.165, 1.54) is 31.0 Å². The Morgan fingerprint density at radius 1 is 1.29 bits per heavy atom. The van der Waals surface area contributed by atoms with Gasteiger partial charge in [0.2, 0.25) is 0 Å². The normalized spacial score (nSPS) is 16.0. The van der Waals surface area contributed by atoms with E-state index < -0.39 is 9.84 Å². The fourth-order valence-electron chi connectivity index (χ4n) is 2.40. The molecule has 0 spiro atoms. The number of nitrogens with zero attached hydrogens (tertiary/aromatic N) is 1. The smallest absolute Gasteiger partial charge is 0.251 e. The largest absolute Gasteiger partial charge is 0.399 e. The van der Waals surface area contributed by atoms with Crippen LogP contribution in [0.3, 0.4) is 0 Å². The molecule has 0 radical (unpaired) electrons. The van der Waals surface area contributed by atoms with Crippen molar-refractivity contribution in [1.29, 1.82) is 0 Å². The van der Waals surface area contributed by atoms with Crippen LogP contribution in [0.25, 0.3) is 0 Å². The molecule has 0 aliphatic carbocycles. The van der Waals surface area contributed by atoms with Crippen LogP contribution in [0.4, 0.5) is 5.69 Å². The number of nitrogens with two attached hydrogens (primary N) is 1. The molecule has 7 heteroatoms. The number of carbonyl (C=O) groups is 1. The zero-order valence-corrected chi connectivity index (χ0v) is 12.9. The monoisotopic (exact) mass is 311 g/mol. The van der Waals surface area contributed by atoms with Crippen LogP contribution in [0, 0.1) is 0 Å². The van der Waals surface area contributed by atoms with Gasteiger partial charge in [-0.05, 0) is 44.1 Å². The number of benzene rings is 1. The molecule has 0 bridgehead atoms. The summed E-state index contributed by atoms with van der Waals surface area (Å²) in [5, 5.41) is 2.80. The van der Waals surface area contributed by atoms with E-state index in [0.29, 0.717) is 6.54 Å². The van der Waals surface area contributed by atoms with E-state index in [1.54, 1.807) is 0 Å². The minimum atomic E-state index is -3.38. The van der Waals surface area contributed by atoms with E-state index in [4.69, 9.17) is 5.73 Å². The van der Waals surface area contributed by atoms with Crippen LogP contribution in [-0.4, -0.2) is 51.7 Å². The number of rotatable bonds is 5. The van der Waals surface area contributed by atoms with Crippen molar-refractivity contribution in [1.82, 2.24) is 10.2 Å². The van der Waals surface area contributed by atoms with Crippen molar-refractivity contribution < 1.29 is 13.2 Å². The standard InChI is InChI=1S/C14H21N3O3S/c1-21(19,20)13-9-11(8-12(15)10-13)14(18)16-4-7-17-5-2-3-6-17/h8-10H,2-7,15H2,1H3,(H,16,18). The molecule has 1 amide bonds. The Kier molecular flexibility index (Phi) is 4.84. The number of nitrogen functional groups attached to an aromatic ring is 1. The molecule has 0 atom stereocenters. The third-order valence-corrected chi connectivity index (χ3v) is 4.62. The van der Waals surface area contributed by atoms with Crippen molar-refractivity contribution in [3.63, 3.8) is 0 Å². The van der Waals surface area contributed by atoms with E-state index in [9.17, 15) is 13.2 Å². The SMILES string of the molecule is CS(=O)(=O)c1cc(N)cc(C(=O)NCCN2CCCC2)c1. The van der Waals surface area contributed by atoms with Gasteiger partial charge in [-0.15, -0.1) is 0 Å². The van der Waals surface area contributed by atoms with E-state index >= 15 is 0 Å². The van der Waals surface area contributed by atoms with Gasteiger partial charge in [-0.1, -0.05) is 0 Å². The summed E-state index contributed by atoms with van der Waals surface area (Å²) in [6.45, 7) is 3.51. The van der Waals surface area contributed by atoms with Crippen LogP contribution in [0.15, 0.2) is 23.1 Å². The lowest BCUT2D eigenvalue weighted by atomic mass is 10.2. The van der Waals surface area contributed by atoms with Crippen molar-refractivity contribution in [2.45, 2.75) is 17.7 Å². The van der Waals surface area contributed by atoms with Crippen LogP contribution in [-0.2, 0) is 9.84 Å². The second-order valence-corrected chi connectivity index (χ2v) is 7.38. The van der Waals surface area contributed by atoms with Gasteiger partial charge < -0.3 is 16.0 Å². The Labute approximate surface area is 125 Å². The summed E-state index contributed by atoms with van der Waals surface area (Å²) in [4.78, 5) is 14.4. The highest BCUT2D eigenvalue weighted by Crippen LogP contribution is 2.16. The first-order valence-electron chi connectivity index (χ1n) is 6.97. The summed E-state index contributed by atoms with van der Waals surface area (Å²) in [6, 6.07) is 4.20. The molecule has 1 aromatic carbocycles. The second-order valence-electron chi connectivity index (χ2n) is 5.37. The first-order chi connectivity index (χ1) is 9.86. The quantitative estimate of drug-likeness (QED) is 0.772. The van der Waals surface area contributed by atoms with E-state index in [-0.39, 0.29) is 22.1 Å². The third-order valence-electron chi connectivity index (χ3n) is 3.53. The average Bonchev–Trinajstić information content (AvgIpc) is 2.90. The van der Waals surface area contributed by atoms with Crippen LogP contribution in [0.1, 0.15) is 23.2 Å². The Balaban J connectivity index is 2.00. The van der Waals surface area contributed by atoms with Gasteiger partial charge >= 0.3 is 0 Å². The fourth-order valence-corrected chi connectivity index (χ4v) is 3.09. The number of hydrogen-bond donors (Lipinski definition) is 2. The minimum Gasteiger partial charge on any atom is -0.399 e. The summed E-state index contributed by atoms with van der Waals surface area (Å²) >= 11 is 0. The van der Waals surface area contributed by atoms with Gasteiger partial charge in [-0.25, -0.2) is 8.42 Å². The van der Waals surface area contributed by atoms with E-state index in [1.807, 2.05) is 0 Å². The molecule has 6 nitrogen and oxygen atoms in total. The number of anilines is 1. The molecule has 0 unspecified atom stereocenters. The van der Waals surface area contributed by atoms with Gasteiger partial charge in [0.25, 0.3) is 5.91 Å². The molecule has 0 saturated carbocycles. The van der Waals surface area contributed by atoms with Gasteiger partial charge in [0, 0.05) is 30.6 Å². The van der Waals surface area contributed by atoms with Crippen LogP contribution >= 0.6 is 0 Å². The summed E-state index contributed by atoms with van der Waals surface area (Å²) in [7, 11) is -3.38. The molecule has 1 aliphatic heterocycles. The number of hydrogen-bond acceptors (Lipinski definition) is 5. The molecular formula is C14H21N3O3S. The Morgan fingerprint density at radius 2 is 1.95 bits per heavy atom. The third kappa shape index (κ3) is 4.44. The lowest BCUT2D eigenvalue weighted by Gasteiger charge is -2.15. The second kappa shape index (κ2) is 6.44. The Bertz CT molecular complexity index is 622. The Morgan fingerprint density at radius 3 is 2.57 bits per heavy atom.